The van der Waals surface area contributed by atoms with Gasteiger partial charge in [0.1, 0.15) is 11.4 Å². The maximum absolute atomic E-state index is 13.6. The molecule has 0 spiro atoms. The maximum Gasteiger partial charge on any atom is 0.255 e. The molecule has 8 nitrogen and oxygen atoms in total. The van der Waals surface area contributed by atoms with Crippen LogP contribution >= 0.6 is 0 Å². The second kappa shape index (κ2) is 11.2. The highest BCUT2D eigenvalue weighted by atomic mass is 16.5. The van der Waals surface area contributed by atoms with E-state index in [1.165, 1.54) is 0 Å². The van der Waals surface area contributed by atoms with Gasteiger partial charge in [-0.25, -0.2) is 0 Å². The zero-order valence-corrected chi connectivity index (χ0v) is 24.1. The number of nitrogens with zero attached hydrogens (tertiary/aromatic N) is 4. The molecule has 41 heavy (non-hydrogen) atoms. The van der Waals surface area contributed by atoms with Crippen LogP contribution in [0.1, 0.15) is 51.5 Å². The molecule has 0 radical (unpaired) electrons. The first kappa shape index (κ1) is 26.8. The third-order valence-electron chi connectivity index (χ3n) is 8.11. The van der Waals surface area contributed by atoms with Crippen molar-refractivity contribution < 1.29 is 9.53 Å². The number of aromatic nitrogens is 4. The molecule has 1 fully saturated rings. The fourth-order valence-electron chi connectivity index (χ4n) is 5.73. The number of hydrogen-bond acceptors (Lipinski definition) is 5. The average Bonchev–Trinajstić information content (AvgIpc) is 3.61. The SMILES string of the molecule is COc1ccc(Cn2nc(-c3cnn(C4CCNCC4)c3)c3cc(C(=O)Nc4c(C)cccc4C)c(C)cc32)cc1. The lowest BCUT2D eigenvalue weighted by molar-refractivity contribution is 0.102. The number of nitrogens with one attached hydrogen (secondary N) is 2. The minimum Gasteiger partial charge on any atom is -0.497 e. The lowest BCUT2D eigenvalue weighted by atomic mass is 10.0. The molecule has 0 bridgehead atoms. The van der Waals surface area contributed by atoms with E-state index < -0.39 is 0 Å². The Hall–Kier alpha value is -4.43. The van der Waals surface area contributed by atoms with Gasteiger partial charge in [0.2, 0.25) is 0 Å². The standard InChI is InChI=1S/C33H36N6O2/c1-21-6-5-7-22(2)31(21)36-33(40)28-17-29-30(16-23(28)3)39(19-24-8-10-27(41-4)11-9-24)37-32(29)25-18-35-38(20-25)26-12-14-34-15-13-26/h5-11,16-18,20,26,34H,12-15,19H2,1-4H3,(H,36,40). The van der Waals surface area contributed by atoms with Crippen molar-refractivity contribution in [3.8, 4) is 17.0 Å². The topological polar surface area (TPSA) is 86.0 Å². The van der Waals surface area contributed by atoms with Gasteiger partial charge in [-0.05, 0) is 93.2 Å². The smallest absolute Gasteiger partial charge is 0.255 e. The fraction of sp³-hybridized carbons (Fsp3) is 0.303. The third kappa shape index (κ3) is 5.35. The van der Waals surface area contributed by atoms with Gasteiger partial charge in [0.25, 0.3) is 5.91 Å². The van der Waals surface area contributed by atoms with Gasteiger partial charge in [-0.3, -0.25) is 14.2 Å². The Balaban J connectivity index is 1.42. The number of piperidine rings is 1. The van der Waals surface area contributed by atoms with Crippen molar-refractivity contribution in [3.63, 3.8) is 0 Å². The van der Waals surface area contributed by atoms with Crippen molar-refractivity contribution in [1.82, 2.24) is 24.9 Å². The van der Waals surface area contributed by atoms with E-state index in [9.17, 15) is 4.79 Å². The highest BCUT2D eigenvalue weighted by Gasteiger charge is 2.21. The summed E-state index contributed by atoms with van der Waals surface area (Å²) >= 11 is 0. The summed E-state index contributed by atoms with van der Waals surface area (Å²) in [5.41, 5.74) is 8.33. The predicted octanol–water partition coefficient (Wildman–Crippen LogP) is 6.06. The normalized spacial score (nSPS) is 14.0. The Morgan fingerprint density at radius 1 is 1.02 bits per heavy atom. The summed E-state index contributed by atoms with van der Waals surface area (Å²) < 4.78 is 9.44. The van der Waals surface area contributed by atoms with Crippen molar-refractivity contribution in [2.24, 2.45) is 0 Å². The minimum absolute atomic E-state index is 0.124. The number of hydrogen-bond donors (Lipinski definition) is 2. The first-order valence-electron chi connectivity index (χ1n) is 14.2. The van der Waals surface area contributed by atoms with E-state index in [0.29, 0.717) is 18.2 Å². The molecule has 210 valence electrons. The van der Waals surface area contributed by atoms with E-state index in [-0.39, 0.29) is 5.91 Å². The largest absolute Gasteiger partial charge is 0.497 e. The van der Waals surface area contributed by atoms with Crippen LogP contribution in [0.2, 0.25) is 0 Å². The highest BCUT2D eigenvalue weighted by molar-refractivity contribution is 6.09. The summed E-state index contributed by atoms with van der Waals surface area (Å²) in [6, 6.07) is 18.5. The highest BCUT2D eigenvalue weighted by Crippen LogP contribution is 2.33. The van der Waals surface area contributed by atoms with Gasteiger partial charge in [-0.1, -0.05) is 30.3 Å². The molecule has 0 saturated carbocycles. The summed E-state index contributed by atoms with van der Waals surface area (Å²) in [4.78, 5) is 13.6. The van der Waals surface area contributed by atoms with Gasteiger partial charge in [0, 0.05) is 28.4 Å². The van der Waals surface area contributed by atoms with E-state index in [1.807, 2.05) is 68.0 Å². The van der Waals surface area contributed by atoms with E-state index in [4.69, 9.17) is 14.9 Å². The Kier molecular flexibility index (Phi) is 7.32. The fourth-order valence-corrected chi connectivity index (χ4v) is 5.73. The summed E-state index contributed by atoms with van der Waals surface area (Å²) in [6.07, 6.45) is 6.11. The second-order valence-electron chi connectivity index (χ2n) is 10.9. The molecule has 8 heteroatoms. The second-order valence-corrected chi connectivity index (χ2v) is 10.9. The monoisotopic (exact) mass is 548 g/mol. The molecule has 1 aliphatic heterocycles. The molecule has 1 aliphatic rings. The van der Waals surface area contributed by atoms with Crippen molar-refractivity contribution in [3.05, 3.63) is 94.8 Å². The van der Waals surface area contributed by atoms with Gasteiger partial charge in [0.05, 0.1) is 31.4 Å². The van der Waals surface area contributed by atoms with Gasteiger partial charge in [-0.15, -0.1) is 0 Å². The zero-order chi connectivity index (χ0) is 28.5. The minimum atomic E-state index is -0.124. The predicted molar refractivity (Wildman–Crippen MR) is 163 cm³/mol. The first-order chi connectivity index (χ1) is 19.9. The lowest BCUT2D eigenvalue weighted by Crippen LogP contribution is -2.29. The van der Waals surface area contributed by atoms with Crippen molar-refractivity contribution in [2.45, 2.75) is 46.2 Å². The Bertz CT molecular complexity index is 1690. The van der Waals surface area contributed by atoms with Gasteiger partial charge < -0.3 is 15.4 Å². The van der Waals surface area contributed by atoms with Crippen LogP contribution in [0.3, 0.4) is 0 Å². The van der Waals surface area contributed by atoms with Crippen LogP contribution in [-0.2, 0) is 6.54 Å². The number of carbonyl (C=O) groups is 1. The molecule has 6 rings (SSSR count). The lowest BCUT2D eigenvalue weighted by Gasteiger charge is -2.22. The average molecular weight is 549 g/mol. The van der Waals surface area contributed by atoms with Crippen LogP contribution in [0.5, 0.6) is 5.75 Å². The number of para-hydroxylation sites is 1. The maximum atomic E-state index is 13.6. The van der Waals surface area contributed by atoms with Gasteiger partial charge in [-0.2, -0.15) is 10.2 Å². The van der Waals surface area contributed by atoms with Crippen molar-refractivity contribution in [2.75, 3.05) is 25.5 Å². The molecular formula is C33H36N6O2. The zero-order valence-electron chi connectivity index (χ0n) is 24.1. The molecule has 2 N–H and O–H groups in total. The Morgan fingerprint density at radius 2 is 1.76 bits per heavy atom. The number of fused-ring (bicyclic) bond motifs is 1. The summed E-state index contributed by atoms with van der Waals surface area (Å²) in [5, 5.41) is 17.3. The number of carbonyl (C=O) groups excluding carboxylic acids is 1. The summed E-state index contributed by atoms with van der Waals surface area (Å²) in [5.74, 6) is 0.696. The summed E-state index contributed by atoms with van der Waals surface area (Å²) in [7, 11) is 1.67. The number of benzene rings is 3. The number of ether oxygens (including phenoxy) is 1. The number of methoxy groups -OCH3 is 1. The number of rotatable bonds is 7. The molecule has 0 aliphatic carbocycles. The van der Waals surface area contributed by atoms with Crippen molar-refractivity contribution in [1.29, 1.82) is 0 Å². The van der Waals surface area contributed by atoms with E-state index in [0.717, 1.165) is 81.8 Å². The van der Waals surface area contributed by atoms with Crippen LogP contribution in [0.15, 0.2) is 67.0 Å². The number of aryl methyl sites for hydroxylation is 3. The van der Waals surface area contributed by atoms with E-state index in [1.54, 1.807) is 7.11 Å². The number of anilines is 1. The molecule has 1 amide bonds. The van der Waals surface area contributed by atoms with Crippen LogP contribution in [0.25, 0.3) is 22.2 Å². The van der Waals surface area contributed by atoms with Crippen LogP contribution < -0.4 is 15.4 Å². The third-order valence-corrected chi connectivity index (χ3v) is 8.11. The van der Waals surface area contributed by atoms with Gasteiger partial charge in [0.15, 0.2) is 0 Å². The van der Waals surface area contributed by atoms with Crippen LogP contribution in [0, 0.1) is 20.8 Å². The van der Waals surface area contributed by atoms with Crippen LogP contribution in [-0.4, -0.2) is 45.7 Å². The molecule has 3 aromatic carbocycles. The Labute approximate surface area is 240 Å². The van der Waals surface area contributed by atoms with E-state index >= 15 is 0 Å². The van der Waals surface area contributed by atoms with E-state index in [2.05, 4.69) is 39.7 Å². The van der Waals surface area contributed by atoms with Gasteiger partial charge >= 0.3 is 0 Å². The molecule has 0 atom stereocenters. The molecule has 3 heterocycles. The quantitative estimate of drug-likeness (QED) is 0.258. The molecule has 5 aromatic rings. The molecular weight excluding hydrogens is 512 g/mol. The molecule has 1 saturated heterocycles. The molecule has 0 unspecified atom stereocenters. The van der Waals surface area contributed by atoms with Crippen molar-refractivity contribution >= 4 is 22.5 Å². The Morgan fingerprint density at radius 3 is 2.46 bits per heavy atom. The number of amides is 1. The summed E-state index contributed by atoms with van der Waals surface area (Å²) in [6.45, 7) is 8.60. The first-order valence-corrected chi connectivity index (χ1v) is 14.2. The van der Waals surface area contributed by atoms with Crippen LogP contribution in [0.4, 0.5) is 5.69 Å². The molecule has 2 aromatic heterocycles.